The largest absolute Gasteiger partial charge is 0.311 e. The Balaban J connectivity index is 0.895. The zero-order valence-corrected chi connectivity index (χ0v) is 66.7. The maximum Gasteiger partial charge on any atom is 0.252 e. The molecule has 0 saturated heterocycles. The SMILES string of the molecule is CC(C)(C)c1cc(-c2cc3c(c4ccccc24)c2ccccc2n3-c2ccc3c(c2)N(c2ccc(-c4ccccc4)cc2)c2cc(C(C)(C)C)cc4c2B3c2ccc(-n3c5ccccc5c5c6ccccc6c(-c6cc(C(C)(C)C)cc(C(C)(C)C)c6)cc53)cc2N4c2ccc(-c3ccccc3)cc2)cc(C(C)(C)C)c1. The number of aromatic nitrogens is 2. The molecule has 0 radical (unpaired) electrons. The van der Waals surface area contributed by atoms with Gasteiger partial charge < -0.3 is 18.9 Å². The van der Waals surface area contributed by atoms with Crippen molar-refractivity contribution in [3.8, 4) is 55.9 Å². The van der Waals surface area contributed by atoms with E-state index in [2.05, 4.69) is 426 Å². The average molecular weight is 1440 g/mol. The molecule has 0 saturated carbocycles. The van der Waals surface area contributed by atoms with Crippen LogP contribution in [0.25, 0.3) is 121 Å². The normalized spacial score (nSPS) is 13.3. The summed E-state index contributed by atoms with van der Waals surface area (Å²) in [5.74, 6) is 0. The van der Waals surface area contributed by atoms with Crippen molar-refractivity contribution in [2.45, 2.75) is 131 Å². The number of benzene rings is 15. The fourth-order valence-corrected chi connectivity index (χ4v) is 18.1. The smallest absolute Gasteiger partial charge is 0.252 e. The van der Waals surface area contributed by atoms with Gasteiger partial charge in [0.2, 0.25) is 0 Å². The minimum absolute atomic E-state index is 0.0635. The lowest BCUT2D eigenvalue weighted by atomic mass is 9.33. The van der Waals surface area contributed by atoms with Crippen molar-refractivity contribution in [2.75, 3.05) is 9.80 Å². The van der Waals surface area contributed by atoms with Gasteiger partial charge in [-0.1, -0.05) is 322 Å². The van der Waals surface area contributed by atoms with Crippen LogP contribution in [0.5, 0.6) is 0 Å². The summed E-state index contributed by atoms with van der Waals surface area (Å²) < 4.78 is 5.16. The third-order valence-electron chi connectivity index (χ3n) is 24.2. The van der Waals surface area contributed by atoms with Gasteiger partial charge in [0.25, 0.3) is 6.71 Å². The number of anilines is 6. The van der Waals surface area contributed by atoms with Crippen molar-refractivity contribution in [2.24, 2.45) is 0 Å². The Morgan fingerprint density at radius 1 is 0.216 bits per heavy atom. The lowest BCUT2D eigenvalue weighted by Crippen LogP contribution is -2.61. The van der Waals surface area contributed by atoms with Crippen molar-refractivity contribution in [3.05, 3.63) is 331 Å². The predicted molar refractivity (Wildman–Crippen MR) is 479 cm³/mol. The number of rotatable bonds is 8. The van der Waals surface area contributed by atoms with Crippen LogP contribution in [0.15, 0.2) is 303 Å². The van der Waals surface area contributed by atoms with Crippen LogP contribution in [0.3, 0.4) is 0 Å². The average Bonchev–Trinajstić information content (AvgIpc) is 1.57. The number of fused-ring (bicyclic) bond motifs is 14. The summed E-state index contributed by atoms with van der Waals surface area (Å²) in [7, 11) is 0. The molecule has 15 aromatic carbocycles. The standard InChI is InChI=1S/C106H95BN4/c1-102(2,3)72-54-70(55-73(58-72)103(4,5)6)87-64-95-99(83-36-24-22-34-81(83)87)85-38-26-28-40-91(85)110(95)79-50-52-89-93(62-79)108(77-46-42-68(43-47-77)66-30-18-16-19-31-66)97-60-76(106(13,14)15)61-98-101(97)107(89)90-53-51-80(63-94(90)109(98)78-48-44-69(45-49-78)67-32-20-17-21-33-67)111-92-41-29-27-39-86(92)100-84-37-25-23-35-82(84)88(65-96(100)111)71-56-74(104(7,8)9)59-75(57-71)105(10,11)12/h16-65H,1-15H3. The molecule has 111 heavy (non-hydrogen) atoms. The molecule has 0 aliphatic carbocycles. The number of para-hydroxylation sites is 2. The molecule has 4 heterocycles. The van der Waals surface area contributed by atoms with Gasteiger partial charge in [0, 0.05) is 67.0 Å². The second-order valence-electron chi connectivity index (χ2n) is 36.6. The monoisotopic (exact) mass is 1430 g/mol. The molecular weight excluding hydrogens is 1340 g/mol. The molecule has 0 spiro atoms. The highest BCUT2D eigenvalue weighted by atomic mass is 15.2. The first-order valence-electron chi connectivity index (χ1n) is 39.8. The van der Waals surface area contributed by atoms with Crippen LogP contribution in [0.4, 0.5) is 34.1 Å². The van der Waals surface area contributed by atoms with Crippen molar-refractivity contribution < 1.29 is 0 Å². The van der Waals surface area contributed by atoms with Gasteiger partial charge in [-0.3, -0.25) is 0 Å². The van der Waals surface area contributed by atoms with E-state index >= 15 is 0 Å². The molecule has 0 N–H and O–H groups in total. The van der Waals surface area contributed by atoms with Gasteiger partial charge in [0.15, 0.2) is 0 Å². The Bertz CT molecular complexity index is 6180. The van der Waals surface area contributed by atoms with Crippen LogP contribution >= 0.6 is 0 Å². The first-order chi connectivity index (χ1) is 53.2. The highest BCUT2D eigenvalue weighted by Gasteiger charge is 2.45. The molecule has 2 aromatic heterocycles. The molecule has 17 aromatic rings. The van der Waals surface area contributed by atoms with Gasteiger partial charge in [-0.15, -0.1) is 0 Å². The van der Waals surface area contributed by atoms with Crippen molar-refractivity contribution in [1.82, 2.24) is 9.13 Å². The Labute approximate surface area is 655 Å². The second kappa shape index (κ2) is 25.3. The summed E-state index contributed by atoms with van der Waals surface area (Å²) >= 11 is 0. The van der Waals surface area contributed by atoms with Crippen molar-refractivity contribution in [1.29, 1.82) is 0 Å². The lowest BCUT2D eigenvalue weighted by molar-refractivity contribution is 0.568. The van der Waals surface area contributed by atoms with Crippen LogP contribution in [0, 0.1) is 0 Å². The summed E-state index contributed by atoms with van der Waals surface area (Å²) in [5, 5.41) is 9.99. The van der Waals surface area contributed by atoms with Crippen LogP contribution in [0.2, 0.25) is 0 Å². The zero-order valence-electron chi connectivity index (χ0n) is 66.7. The summed E-state index contributed by atoms with van der Waals surface area (Å²) in [6, 6.07) is 117. The lowest BCUT2D eigenvalue weighted by Gasteiger charge is -2.45. The Hall–Kier alpha value is -11.9. The number of nitrogens with zero attached hydrogens (tertiary/aromatic N) is 4. The molecule has 2 aliphatic rings. The molecule has 19 rings (SSSR count). The molecule has 5 heteroatoms. The van der Waals surface area contributed by atoms with Crippen molar-refractivity contribution >= 4 is 122 Å². The van der Waals surface area contributed by atoms with E-state index in [-0.39, 0.29) is 33.8 Å². The van der Waals surface area contributed by atoms with Gasteiger partial charge in [-0.05, 0) is 222 Å². The van der Waals surface area contributed by atoms with E-state index < -0.39 is 0 Å². The van der Waals surface area contributed by atoms with E-state index in [1.807, 2.05) is 0 Å². The van der Waals surface area contributed by atoms with E-state index in [1.165, 1.54) is 165 Å². The van der Waals surface area contributed by atoms with Crippen LogP contribution in [-0.4, -0.2) is 15.8 Å². The highest BCUT2D eigenvalue weighted by Crippen LogP contribution is 2.51. The van der Waals surface area contributed by atoms with E-state index in [0.29, 0.717) is 0 Å². The van der Waals surface area contributed by atoms with Crippen LogP contribution < -0.4 is 26.2 Å². The van der Waals surface area contributed by atoms with Gasteiger partial charge in [0.05, 0.1) is 22.1 Å². The topological polar surface area (TPSA) is 16.3 Å². The van der Waals surface area contributed by atoms with Gasteiger partial charge in [-0.2, -0.15) is 0 Å². The van der Waals surface area contributed by atoms with Gasteiger partial charge >= 0.3 is 0 Å². The summed E-state index contributed by atoms with van der Waals surface area (Å²) in [6.07, 6.45) is 0. The van der Waals surface area contributed by atoms with Crippen molar-refractivity contribution in [3.63, 3.8) is 0 Å². The fraction of sp³-hybridized carbons (Fsp3) is 0.189. The molecular formula is C106H95BN4. The second-order valence-corrected chi connectivity index (χ2v) is 36.6. The Morgan fingerprint density at radius 3 is 0.865 bits per heavy atom. The maximum atomic E-state index is 2.62. The van der Waals surface area contributed by atoms with Gasteiger partial charge in [0.1, 0.15) is 0 Å². The Morgan fingerprint density at radius 2 is 0.514 bits per heavy atom. The molecule has 542 valence electrons. The van der Waals surface area contributed by atoms with E-state index in [4.69, 9.17) is 0 Å². The molecule has 0 bridgehead atoms. The molecule has 0 amide bonds. The van der Waals surface area contributed by atoms with E-state index in [9.17, 15) is 0 Å². The molecule has 0 unspecified atom stereocenters. The molecule has 0 fully saturated rings. The third kappa shape index (κ3) is 11.5. The first-order valence-corrected chi connectivity index (χ1v) is 39.8. The van der Waals surface area contributed by atoms with Crippen LogP contribution in [-0.2, 0) is 27.1 Å². The first kappa shape index (κ1) is 69.5. The maximum absolute atomic E-state index is 2.62. The highest BCUT2D eigenvalue weighted by molar-refractivity contribution is 7.00. The number of hydrogen-bond acceptors (Lipinski definition) is 2. The van der Waals surface area contributed by atoms with E-state index in [1.54, 1.807) is 0 Å². The van der Waals surface area contributed by atoms with Gasteiger partial charge in [-0.25, -0.2) is 0 Å². The summed E-state index contributed by atoms with van der Waals surface area (Å²) in [4.78, 5) is 5.24. The minimum atomic E-state index is -0.260. The Kier molecular flexibility index (Phi) is 15.9. The molecule has 2 aliphatic heterocycles. The summed E-state index contributed by atoms with van der Waals surface area (Å²) in [6.45, 7) is 35.1. The molecule has 0 atom stereocenters. The third-order valence-corrected chi connectivity index (χ3v) is 24.2. The minimum Gasteiger partial charge on any atom is -0.311 e. The number of hydrogen-bond donors (Lipinski definition) is 0. The summed E-state index contributed by atoms with van der Waals surface area (Å²) in [5.41, 5.74) is 33.3. The predicted octanol–water partition coefficient (Wildman–Crippen LogP) is 27.4. The van der Waals surface area contributed by atoms with E-state index in [0.717, 1.165) is 34.1 Å². The fourth-order valence-electron chi connectivity index (χ4n) is 18.1. The molecule has 4 nitrogen and oxygen atoms in total. The zero-order chi connectivity index (χ0) is 76.5. The van der Waals surface area contributed by atoms with Crippen LogP contribution in [0.1, 0.15) is 132 Å². The quantitative estimate of drug-likeness (QED) is 0.141.